The third-order valence-corrected chi connectivity index (χ3v) is 6.88. The average Bonchev–Trinajstić information content (AvgIpc) is 2.82. The Morgan fingerprint density at radius 3 is 2.62 bits per heavy atom. The SMILES string of the molecule is C[C@@H]1N=C(c2c(F)cccc2F)c2c(sc3c2CCCCC3)-n2ccc(=O)nc21. The number of rotatable bonds is 1. The lowest BCUT2D eigenvalue weighted by Gasteiger charge is -2.12. The number of halogens is 2. The minimum atomic E-state index is -0.635. The number of thiophene rings is 1. The predicted octanol–water partition coefficient (Wildman–Crippen LogP) is 4.75. The van der Waals surface area contributed by atoms with E-state index < -0.39 is 17.7 Å². The summed E-state index contributed by atoms with van der Waals surface area (Å²) in [5, 5.41) is 0.838. The molecule has 1 aliphatic carbocycles. The summed E-state index contributed by atoms with van der Waals surface area (Å²) < 4.78 is 31.5. The Labute approximate surface area is 170 Å². The molecule has 1 atom stereocenters. The van der Waals surface area contributed by atoms with Crippen LogP contribution in [0, 0.1) is 11.6 Å². The molecule has 1 aromatic carbocycles. The molecule has 2 aromatic heterocycles. The summed E-state index contributed by atoms with van der Waals surface area (Å²) in [5.74, 6) is -0.783. The molecule has 0 spiro atoms. The van der Waals surface area contributed by atoms with Gasteiger partial charge in [0.1, 0.15) is 28.5 Å². The molecule has 29 heavy (non-hydrogen) atoms. The van der Waals surface area contributed by atoms with E-state index in [0.29, 0.717) is 11.5 Å². The lowest BCUT2D eigenvalue weighted by atomic mass is 9.96. The molecular weight excluding hydrogens is 392 g/mol. The van der Waals surface area contributed by atoms with Crippen LogP contribution in [0.3, 0.4) is 0 Å². The van der Waals surface area contributed by atoms with Crippen LogP contribution in [-0.4, -0.2) is 15.3 Å². The van der Waals surface area contributed by atoms with Crippen molar-refractivity contribution in [3.63, 3.8) is 0 Å². The van der Waals surface area contributed by atoms with E-state index in [1.165, 1.54) is 29.1 Å². The van der Waals surface area contributed by atoms with Crippen LogP contribution in [0.1, 0.15) is 59.6 Å². The van der Waals surface area contributed by atoms with Crippen LogP contribution in [0.5, 0.6) is 0 Å². The summed E-state index contributed by atoms with van der Waals surface area (Å²) in [6.45, 7) is 1.80. The number of hydrogen-bond acceptors (Lipinski definition) is 4. The maximum atomic E-state index is 14.8. The molecule has 3 heterocycles. The van der Waals surface area contributed by atoms with E-state index in [2.05, 4.69) is 4.98 Å². The van der Waals surface area contributed by atoms with Crippen LogP contribution < -0.4 is 5.56 Å². The monoisotopic (exact) mass is 411 g/mol. The normalized spacial score (nSPS) is 18.2. The molecule has 1 aliphatic heterocycles. The van der Waals surface area contributed by atoms with Gasteiger partial charge >= 0.3 is 0 Å². The van der Waals surface area contributed by atoms with Gasteiger partial charge in [-0.15, -0.1) is 11.3 Å². The summed E-state index contributed by atoms with van der Waals surface area (Å²) in [6.07, 6.45) is 6.77. The highest BCUT2D eigenvalue weighted by Gasteiger charge is 2.32. The van der Waals surface area contributed by atoms with Crippen molar-refractivity contribution in [3.8, 4) is 5.00 Å². The maximum absolute atomic E-state index is 14.8. The number of aryl methyl sites for hydroxylation is 1. The summed E-state index contributed by atoms with van der Waals surface area (Å²) >= 11 is 1.62. The quantitative estimate of drug-likeness (QED) is 0.543. The molecule has 5 rings (SSSR count). The van der Waals surface area contributed by atoms with Gasteiger partial charge in [-0.2, -0.15) is 4.98 Å². The van der Waals surface area contributed by atoms with E-state index in [1.807, 2.05) is 4.57 Å². The fourth-order valence-corrected chi connectivity index (χ4v) is 5.64. The fraction of sp³-hybridized carbons (Fsp3) is 0.318. The van der Waals surface area contributed by atoms with Crippen LogP contribution in [-0.2, 0) is 12.8 Å². The molecule has 4 nitrogen and oxygen atoms in total. The van der Waals surface area contributed by atoms with Crippen molar-refractivity contribution in [2.75, 3.05) is 0 Å². The molecule has 0 amide bonds. The first-order valence-corrected chi connectivity index (χ1v) is 10.6. The summed E-state index contributed by atoms with van der Waals surface area (Å²) in [7, 11) is 0. The molecule has 0 saturated heterocycles. The van der Waals surface area contributed by atoms with Gasteiger partial charge in [0.2, 0.25) is 0 Å². The lowest BCUT2D eigenvalue weighted by Crippen LogP contribution is -2.15. The smallest absolute Gasteiger partial charge is 0.272 e. The molecular formula is C22H19F2N3OS. The number of nitrogens with zero attached hydrogens (tertiary/aromatic N) is 3. The molecule has 0 radical (unpaired) electrons. The van der Waals surface area contributed by atoms with Gasteiger partial charge in [-0.25, -0.2) is 8.78 Å². The number of benzene rings is 1. The molecule has 0 fully saturated rings. The molecule has 0 unspecified atom stereocenters. The second kappa shape index (κ2) is 6.99. The van der Waals surface area contributed by atoms with Gasteiger partial charge in [0.05, 0.1) is 11.3 Å². The summed E-state index contributed by atoms with van der Waals surface area (Å²) in [5.41, 5.74) is 1.77. The minimum absolute atomic E-state index is 0.110. The van der Waals surface area contributed by atoms with Gasteiger partial charge in [-0.1, -0.05) is 12.5 Å². The zero-order chi connectivity index (χ0) is 20.1. The van der Waals surface area contributed by atoms with Crippen molar-refractivity contribution < 1.29 is 8.78 Å². The number of hydrogen-bond donors (Lipinski definition) is 0. The van der Waals surface area contributed by atoms with Crippen molar-refractivity contribution in [1.82, 2.24) is 9.55 Å². The third kappa shape index (κ3) is 2.95. The highest BCUT2D eigenvalue weighted by Crippen LogP contribution is 2.41. The molecule has 2 aliphatic rings. The molecule has 3 aromatic rings. The van der Waals surface area contributed by atoms with Crippen molar-refractivity contribution in [1.29, 1.82) is 0 Å². The van der Waals surface area contributed by atoms with Crippen molar-refractivity contribution in [2.45, 2.75) is 45.1 Å². The van der Waals surface area contributed by atoms with Gasteiger partial charge < -0.3 is 0 Å². The van der Waals surface area contributed by atoms with E-state index in [1.54, 1.807) is 24.5 Å². The molecule has 0 saturated carbocycles. The van der Waals surface area contributed by atoms with Crippen LogP contribution >= 0.6 is 11.3 Å². The Morgan fingerprint density at radius 1 is 1.07 bits per heavy atom. The Morgan fingerprint density at radius 2 is 1.83 bits per heavy atom. The number of aliphatic imine (C=N–C) groups is 1. The predicted molar refractivity (Wildman–Crippen MR) is 109 cm³/mol. The standard InChI is InChI=1S/C22H19F2N3OS/c1-12-21-26-17(28)10-11-27(21)22-18(13-6-3-2-4-9-16(13)29-22)20(25-12)19-14(23)7-5-8-15(19)24/h5,7-8,10-12H,2-4,6,9H2,1H3/t12-/m0/s1. The molecule has 0 N–H and O–H groups in total. The molecule has 0 bridgehead atoms. The van der Waals surface area contributed by atoms with Gasteiger partial charge in [0.25, 0.3) is 5.56 Å². The van der Waals surface area contributed by atoms with Crippen LogP contribution in [0.2, 0.25) is 0 Å². The van der Waals surface area contributed by atoms with Crippen LogP contribution in [0.4, 0.5) is 8.78 Å². The molecule has 148 valence electrons. The highest BCUT2D eigenvalue weighted by molar-refractivity contribution is 7.15. The first-order valence-electron chi connectivity index (χ1n) is 9.81. The van der Waals surface area contributed by atoms with E-state index in [4.69, 9.17) is 4.99 Å². The Bertz CT molecular complexity index is 1190. The topological polar surface area (TPSA) is 47.2 Å². The molecule has 7 heteroatoms. The highest BCUT2D eigenvalue weighted by atomic mass is 32.1. The second-order valence-electron chi connectivity index (χ2n) is 7.49. The number of fused-ring (bicyclic) bond motifs is 5. The number of aromatic nitrogens is 2. The largest absolute Gasteiger partial charge is 0.294 e. The Balaban J connectivity index is 1.88. The van der Waals surface area contributed by atoms with Gasteiger partial charge in [0, 0.05) is 22.7 Å². The third-order valence-electron chi connectivity index (χ3n) is 5.59. The average molecular weight is 411 g/mol. The van der Waals surface area contributed by atoms with Gasteiger partial charge in [0.15, 0.2) is 0 Å². The first-order chi connectivity index (χ1) is 14.0. The first kappa shape index (κ1) is 18.4. The van der Waals surface area contributed by atoms with Crippen LogP contribution in [0.15, 0.2) is 40.2 Å². The lowest BCUT2D eigenvalue weighted by molar-refractivity contribution is 0.578. The van der Waals surface area contributed by atoms with E-state index in [9.17, 15) is 13.6 Å². The van der Waals surface area contributed by atoms with E-state index in [0.717, 1.165) is 48.2 Å². The summed E-state index contributed by atoms with van der Waals surface area (Å²) in [4.78, 5) is 22.0. The fourth-order valence-electron chi connectivity index (χ4n) is 4.26. The van der Waals surface area contributed by atoms with E-state index >= 15 is 0 Å². The maximum Gasteiger partial charge on any atom is 0.272 e. The summed E-state index contributed by atoms with van der Waals surface area (Å²) in [6, 6.07) is 4.78. The van der Waals surface area contributed by atoms with E-state index in [-0.39, 0.29) is 11.1 Å². The Hall–Kier alpha value is -2.67. The van der Waals surface area contributed by atoms with Crippen LogP contribution in [0.25, 0.3) is 5.00 Å². The zero-order valence-corrected chi connectivity index (χ0v) is 16.7. The van der Waals surface area contributed by atoms with Crippen molar-refractivity contribution in [2.24, 2.45) is 4.99 Å². The van der Waals surface area contributed by atoms with Gasteiger partial charge in [-0.05, 0) is 50.3 Å². The van der Waals surface area contributed by atoms with Gasteiger partial charge in [-0.3, -0.25) is 14.4 Å². The van der Waals surface area contributed by atoms with Crippen molar-refractivity contribution >= 4 is 17.0 Å². The van der Waals surface area contributed by atoms with Crippen molar-refractivity contribution in [3.05, 3.63) is 79.8 Å². The Kier molecular flexibility index (Phi) is 4.42. The minimum Gasteiger partial charge on any atom is -0.294 e. The second-order valence-corrected chi connectivity index (χ2v) is 8.57. The zero-order valence-electron chi connectivity index (χ0n) is 15.9.